The minimum Gasteiger partial charge on any atom is -0.497 e. The van der Waals surface area contributed by atoms with Crippen molar-refractivity contribution in [1.29, 1.82) is 0 Å². The molecular weight excluding hydrogens is 350 g/mol. The van der Waals surface area contributed by atoms with E-state index < -0.39 is 0 Å². The van der Waals surface area contributed by atoms with Gasteiger partial charge in [-0.3, -0.25) is 0 Å². The number of quaternary nitrogens is 1. The number of rotatable bonds is 7. The Hall–Kier alpha value is -3.31. The first kappa shape index (κ1) is 18.1. The third-order valence-electron chi connectivity index (χ3n) is 4.86. The van der Waals surface area contributed by atoms with Crippen molar-refractivity contribution < 1.29 is 14.5 Å². The lowest BCUT2D eigenvalue weighted by Crippen LogP contribution is -2.83. The molecule has 142 valence electrons. The highest BCUT2D eigenvalue weighted by Crippen LogP contribution is 2.25. The predicted octanol–water partition coefficient (Wildman–Crippen LogP) is 3.97. The Morgan fingerprint density at radius 2 is 1.82 bits per heavy atom. The fraction of sp³-hybridized carbons (Fsp3) is 0.174. The van der Waals surface area contributed by atoms with Crippen LogP contribution in [-0.2, 0) is 6.54 Å². The molecule has 5 nitrogen and oxygen atoms in total. The first-order valence-corrected chi connectivity index (χ1v) is 9.39. The van der Waals surface area contributed by atoms with Gasteiger partial charge in [0.15, 0.2) is 5.76 Å². The van der Waals surface area contributed by atoms with Crippen molar-refractivity contribution >= 4 is 0 Å². The number of nitrogens with zero attached hydrogens (tertiary/aromatic N) is 2. The maximum absolute atomic E-state index is 5.53. The summed E-state index contributed by atoms with van der Waals surface area (Å²) in [6.07, 6.45) is 3.83. The molecule has 0 unspecified atom stereocenters. The van der Waals surface area contributed by atoms with Crippen molar-refractivity contribution in [3.05, 3.63) is 90.5 Å². The van der Waals surface area contributed by atoms with Gasteiger partial charge in [-0.1, -0.05) is 18.2 Å². The number of furan rings is 1. The van der Waals surface area contributed by atoms with Crippen LogP contribution < -0.4 is 10.1 Å². The highest BCUT2D eigenvalue weighted by Gasteiger charge is 2.17. The van der Waals surface area contributed by atoms with E-state index >= 15 is 0 Å². The minimum absolute atomic E-state index is 0.235. The summed E-state index contributed by atoms with van der Waals surface area (Å²) in [6, 6.07) is 22.4. The third-order valence-corrected chi connectivity index (χ3v) is 4.86. The molecule has 0 fully saturated rings. The molecule has 0 aliphatic rings. The van der Waals surface area contributed by atoms with E-state index in [0.29, 0.717) is 0 Å². The lowest BCUT2D eigenvalue weighted by molar-refractivity contribution is -0.709. The van der Waals surface area contributed by atoms with Gasteiger partial charge in [0.2, 0.25) is 0 Å². The van der Waals surface area contributed by atoms with Crippen molar-refractivity contribution in [2.24, 2.45) is 0 Å². The van der Waals surface area contributed by atoms with E-state index in [1.54, 1.807) is 13.4 Å². The maximum atomic E-state index is 5.53. The van der Waals surface area contributed by atoms with Crippen LogP contribution >= 0.6 is 0 Å². The molecule has 2 aromatic heterocycles. The van der Waals surface area contributed by atoms with Gasteiger partial charge in [0, 0.05) is 11.8 Å². The molecule has 0 saturated carbocycles. The van der Waals surface area contributed by atoms with E-state index in [2.05, 4.69) is 42.7 Å². The Labute approximate surface area is 164 Å². The zero-order chi connectivity index (χ0) is 19.3. The van der Waals surface area contributed by atoms with E-state index in [9.17, 15) is 0 Å². The van der Waals surface area contributed by atoms with Gasteiger partial charge in [0.05, 0.1) is 24.6 Å². The molecule has 5 heteroatoms. The lowest BCUT2D eigenvalue weighted by atomic mass is 10.1. The molecule has 4 rings (SSSR count). The summed E-state index contributed by atoms with van der Waals surface area (Å²) >= 11 is 0. The molecule has 2 aromatic carbocycles. The van der Waals surface area contributed by atoms with E-state index in [0.717, 1.165) is 35.0 Å². The van der Waals surface area contributed by atoms with Gasteiger partial charge in [-0.2, -0.15) is 5.10 Å². The Morgan fingerprint density at radius 3 is 2.50 bits per heavy atom. The summed E-state index contributed by atoms with van der Waals surface area (Å²) < 4.78 is 12.8. The molecular formula is C23H24N3O2+. The zero-order valence-corrected chi connectivity index (χ0v) is 16.1. The topological polar surface area (TPSA) is 56.8 Å². The third kappa shape index (κ3) is 3.85. The second-order valence-corrected chi connectivity index (χ2v) is 6.76. The average molecular weight is 374 g/mol. The van der Waals surface area contributed by atoms with Crippen LogP contribution in [0.25, 0.3) is 16.9 Å². The van der Waals surface area contributed by atoms with Gasteiger partial charge in [-0.15, -0.1) is 0 Å². The van der Waals surface area contributed by atoms with Crippen molar-refractivity contribution in [1.82, 2.24) is 9.78 Å². The van der Waals surface area contributed by atoms with Crippen molar-refractivity contribution in [2.75, 3.05) is 7.11 Å². The Balaban J connectivity index is 1.65. The molecule has 0 spiro atoms. The van der Waals surface area contributed by atoms with Gasteiger partial charge < -0.3 is 14.5 Å². The monoisotopic (exact) mass is 374 g/mol. The quantitative estimate of drug-likeness (QED) is 0.533. The van der Waals surface area contributed by atoms with Crippen LogP contribution in [-0.4, -0.2) is 16.9 Å². The SMILES string of the molecule is COc1ccc(-c2nn(-c3ccccc3)cc2C[NH2+][C@H](C)c2ccco2)cc1. The number of hydrogen-bond acceptors (Lipinski definition) is 3. The molecule has 0 amide bonds. The summed E-state index contributed by atoms with van der Waals surface area (Å²) in [7, 11) is 1.68. The van der Waals surface area contributed by atoms with Gasteiger partial charge >= 0.3 is 0 Å². The summed E-state index contributed by atoms with van der Waals surface area (Å²) in [5, 5.41) is 7.14. The summed E-state index contributed by atoms with van der Waals surface area (Å²) in [4.78, 5) is 0. The first-order valence-electron chi connectivity index (χ1n) is 9.39. The number of hydrogen-bond donors (Lipinski definition) is 1. The normalized spacial score (nSPS) is 12.1. The summed E-state index contributed by atoms with van der Waals surface area (Å²) in [5.74, 6) is 1.81. The van der Waals surface area contributed by atoms with E-state index in [-0.39, 0.29) is 6.04 Å². The van der Waals surface area contributed by atoms with Crippen molar-refractivity contribution in [2.45, 2.75) is 19.5 Å². The van der Waals surface area contributed by atoms with Gasteiger partial charge in [-0.05, 0) is 55.5 Å². The molecule has 0 aliphatic heterocycles. The second kappa shape index (κ2) is 8.15. The smallest absolute Gasteiger partial charge is 0.160 e. The molecule has 28 heavy (non-hydrogen) atoms. The molecule has 2 heterocycles. The first-order chi connectivity index (χ1) is 13.7. The van der Waals surface area contributed by atoms with Crippen LogP contribution in [0.4, 0.5) is 0 Å². The van der Waals surface area contributed by atoms with Crippen LogP contribution in [0, 0.1) is 0 Å². The van der Waals surface area contributed by atoms with Gasteiger partial charge in [0.1, 0.15) is 24.0 Å². The molecule has 1 atom stereocenters. The summed E-state index contributed by atoms with van der Waals surface area (Å²) in [5.41, 5.74) is 4.27. The molecule has 0 bridgehead atoms. The molecule has 0 radical (unpaired) electrons. The average Bonchev–Trinajstić information content (AvgIpc) is 3.43. The number of para-hydroxylation sites is 1. The van der Waals surface area contributed by atoms with Crippen molar-refractivity contribution in [3.63, 3.8) is 0 Å². The molecule has 4 aromatic rings. The summed E-state index contributed by atoms with van der Waals surface area (Å²) in [6.45, 7) is 2.95. The van der Waals surface area contributed by atoms with Gasteiger partial charge in [0.25, 0.3) is 0 Å². The highest BCUT2D eigenvalue weighted by atomic mass is 16.5. The lowest BCUT2D eigenvalue weighted by Gasteiger charge is -2.08. The van der Waals surface area contributed by atoms with Crippen LogP contribution in [0.2, 0.25) is 0 Å². The number of ether oxygens (including phenoxy) is 1. The Kier molecular flexibility index (Phi) is 5.26. The second-order valence-electron chi connectivity index (χ2n) is 6.76. The van der Waals surface area contributed by atoms with Crippen LogP contribution in [0.3, 0.4) is 0 Å². The van der Waals surface area contributed by atoms with Crippen LogP contribution in [0.1, 0.15) is 24.3 Å². The number of aromatic nitrogens is 2. The molecule has 0 aliphatic carbocycles. The van der Waals surface area contributed by atoms with Crippen LogP contribution in [0.15, 0.2) is 83.6 Å². The minimum atomic E-state index is 0.235. The van der Waals surface area contributed by atoms with E-state index in [1.165, 1.54) is 5.56 Å². The fourth-order valence-electron chi connectivity index (χ4n) is 3.23. The Bertz CT molecular complexity index is 1010. The molecule has 0 saturated heterocycles. The zero-order valence-electron chi connectivity index (χ0n) is 16.1. The Morgan fingerprint density at radius 1 is 1.04 bits per heavy atom. The number of methoxy groups -OCH3 is 1. The largest absolute Gasteiger partial charge is 0.497 e. The van der Waals surface area contributed by atoms with E-state index in [4.69, 9.17) is 14.3 Å². The number of benzene rings is 2. The van der Waals surface area contributed by atoms with Crippen LogP contribution in [0.5, 0.6) is 5.75 Å². The van der Waals surface area contributed by atoms with E-state index in [1.807, 2.05) is 47.1 Å². The standard InChI is InChI=1S/C23H23N3O2/c1-17(22-9-6-14-28-22)24-15-19-16-26(20-7-4-3-5-8-20)25-23(19)18-10-12-21(27-2)13-11-18/h3-14,16-17,24H,15H2,1-2H3/p+1/t17-/m1/s1. The van der Waals surface area contributed by atoms with Crippen molar-refractivity contribution in [3.8, 4) is 22.7 Å². The highest BCUT2D eigenvalue weighted by molar-refractivity contribution is 5.64. The maximum Gasteiger partial charge on any atom is 0.160 e. The fourth-order valence-corrected chi connectivity index (χ4v) is 3.23. The number of nitrogens with two attached hydrogens (primary N) is 1. The predicted molar refractivity (Wildman–Crippen MR) is 108 cm³/mol. The molecule has 2 N–H and O–H groups in total. The van der Waals surface area contributed by atoms with Gasteiger partial charge in [-0.25, -0.2) is 4.68 Å².